The molecule has 0 radical (unpaired) electrons. The summed E-state index contributed by atoms with van der Waals surface area (Å²) in [6.07, 6.45) is 0.903. The molecule has 0 saturated heterocycles. The van der Waals surface area contributed by atoms with Crippen LogP contribution in [0.5, 0.6) is 17.2 Å². The third kappa shape index (κ3) is 6.75. The Hall–Kier alpha value is -3.77. The number of fused-ring (bicyclic) bond motifs is 1. The fourth-order valence-electron chi connectivity index (χ4n) is 3.77. The van der Waals surface area contributed by atoms with Gasteiger partial charge in [0.25, 0.3) is 5.91 Å². The van der Waals surface area contributed by atoms with Crippen LogP contribution >= 0.6 is 23.2 Å². The second-order valence-electron chi connectivity index (χ2n) is 8.86. The van der Waals surface area contributed by atoms with Gasteiger partial charge in [-0.25, -0.2) is 4.39 Å². The van der Waals surface area contributed by atoms with E-state index in [1.165, 1.54) is 30.3 Å². The molecule has 1 aromatic heterocycles. The van der Waals surface area contributed by atoms with Crippen molar-refractivity contribution in [2.45, 2.75) is 13.0 Å². The molecule has 0 aliphatic rings. The van der Waals surface area contributed by atoms with Crippen molar-refractivity contribution in [1.82, 2.24) is 15.2 Å². The van der Waals surface area contributed by atoms with Gasteiger partial charge in [-0.2, -0.15) is 5.26 Å². The summed E-state index contributed by atoms with van der Waals surface area (Å²) in [4.78, 5) is 18.0. The third-order valence-corrected chi connectivity index (χ3v) is 6.16. The Kier molecular flexibility index (Phi) is 8.74. The van der Waals surface area contributed by atoms with Crippen LogP contribution in [-0.2, 0) is 6.54 Å². The standard InChI is InChI=1S/C28H25Cl2FN4O3/c1-35(2)8-3-9-37-21-5-7-24-19(12-21)13-25(34-24)28(36)33-16-18-4-6-23(30)27(26(18)31)38-22-11-17(15-32)10-20(29)14-22/h4-7,10-14,34H,3,8-9,16H2,1-2H3,(H,33,36). The van der Waals surface area contributed by atoms with Gasteiger partial charge in [0.05, 0.1) is 23.3 Å². The zero-order valence-electron chi connectivity index (χ0n) is 20.8. The van der Waals surface area contributed by atoms with Crippen LogP contribution in [0.15, 0.2) is 54.6 Å². The molecule has 0 aliphatic heterocycles. The maximum absolute atomic E-state index is 15.3. The molecule has 2 N–H and O–H groups in total. The number of benzene rings is 3. The van der Waals surface area contributed by atoms with Crippen LogP contribution in [0, 0.1) is 17.1 Å². The van der Waals surface area contributed by atoms with Gasteiger partial charge in [-0.15, -0.1) is 0 Å². The van der Waals surface area contributed by atoms with E-state index in [0.29, 0.717) is 12.3 Å². The Morgan fingerprint density at radius 2 is 1.92 bits per heavy atom. The van der Waals surface area contributed by atoms with Crippen LogP contribution in [-0.4, -0.2) is 43.0 Å². The molecular weight excluding hydrogens is 530 g/mol. The number of nitrogens with zero attached hydrogens (tertiary/aromatic N) is 2. The lowest BCUT2D eigenvalue weighted by atomic mass is 10.2. The number of H-pyrrole nitrogens is 1. The first-order chi connectivity index (χ1) is 18.2. The minimum absolute atomic E-state index is 0.0337. The summed E-state index contributed by atoms with van der Waals surface area (Å²) in [5, 5.41) is 13.0. The molecule has 0 atom stereocenters. The first-order valence-corrected chi connectivity index (χ1v) is 12.5. The number of nitriles is 1. The molecule has 3 aromatic carbocycles. The fourth-order valence-corrected chi connectivity index (χ4v) is 4.18. The average Bonchev–Trinajstić information content (AvgIpc) is 3.31. The van der Waals surface area contributed by atoms with E-state index in [9.17, 15) is 4.79 Å². The van der Waals surface area contributed by atoms with E-state index < -0.39 is 11.7 Å². The largest absolute Gasteiger partial charge is 0.494 e. The number of carbonyl (C=O) groups is 1. The number of halogens is 3. The Morgan fingerprint density at radius 1 is 1.11 bits per heavy atom. The lowest BCUT2D eigenvalue weighted by Crippen LogP contribution is -2.23. The van der Waals surface area contributed by atoms with E-state index in [-0.39, 0.29) is 39.2 Å². The molecule has 0 unspecified atom stereocenters. The maximum atomic E-state index is 15.3. The van der Waals surface area contributed by atoms with Crippen molar-refractivity contribution < 1.29 is 18.7 Å². The van der Waals surface area contributed by atoms with E-state index in [1.54, 1.807) is 6.07 Å². The number of hydrogen-bond acceptors (Lipinski definition) is 5. The lowest BCUT2D eigenvalue weighted by molar-refractivity contribution is 0.0946. The number of nitrogens with one attached hydrogen (secondary N) is 2. The van der Waals surface area contributed by atoms with Gasteiger partial charge in [0.1, 0.15) is 17.2 Å². The van der Waals surface area contributed by atoms with Gasteiger partial charge < -0.3 is 24.7 Å². The highest BCUT2D eigenvalue weighted by Crippen LogP contribution is 2.35. The minimum atomic E-state index is -0.732. The highest BCUT2D eigenvalue weighted by molar-refractivity contribution is 6.32. The molecular formula is C28H25Cl2FN4O3. The summed E-state index contributed by atoms with van der Waals surface area (Å²) in [5.41, 5.74) is 1.54. The zero-order chi connectivity index (χ0) is 27.2. The number of rotatable bonds is 10. The number of aromatic amines is 1. The highest BCUT2D eigenvalue weighted by Gasteiger charge is 2.17. The summed E-state index contributed by atoms with van der Waals surface area (Å²) in [7, 11) is 4.03. The van der Waals surface area contributed by atoms with E-state index in [4.69, 9.17) is 37.9 Å². The van der Waals surface area contributed by atoms with Gasteiger partial charge in [-0.05, 0) is 69.0 Å². The number of hydrogen-bond donors (Lipinski definition) is 2. The quantitative estimate of drug-likeness (QED) is 0.217. The monoisotopic (exact) mass is 554 g/mol. The molecule has 10 heteroatoms. The molecule has 7 nitrogen and oxygen atoms in total. The zero-order valence-corrected chi connectivity index (χ0v) is 22.3. The third-order valence-electron chi connectivity index (χ3n) is 5.64. The minimum Gasteiger partial charge on any atom is -0.494 e. The van der Waals surface area contributed by atoms with Crippen LogP contribution in [0.1, 0.15) is 28.0 Å². The molecule has 4 aromatic rings. The van der Waals surface area contributed by atoms with Crippen LogP contribution < -0.4 is 14.8 Å². The van der Waals surface area contributed by atoms with Crippen LogP contribution in [0.3, 0.4) is 0 Å². The van der Waals surface area contributed by atoms with Gasteiger partial charge >= 0.3 is 0 Å². The number of aromatic nitrogens is 1. The molecule has 38 heavy (non-hydrogen) atoms. The van der Waals surface area contributed by atoms with Gasteiger partial charge in [-0.3, -0.25) is 4.79 Å². The second kappa shape index (κ2) is 12.2. The van der Waals surface area contributed by atoms with Crippen molar-refractivity contribution in [3.05, 3.63) is 87.3 Å². The van der Waals surface area contributed by atoms with E-state index in [1.807, 2.05) is 38.4 Å². The molecule has 1 amide bonds. The summed E-state index contributed by atoms with van der Waals surface area (Å²) in [6.45, 7) is 1.42. The van der Waals surface area contributed by atoms with Crippen LogP contribution in [0.25, 0.3) is 10.9 Å². The van der Waals surface area contributed by atoms with E-state index in [2.05, 4.69) is 15.2 Å². The van der Waals surface area contributed by atoms with Crippen molar-refractivity contribution in [2.75, 3.05) is 27.2 Å². The van der Waals surface area contributed by atoms with E-state index >= 15 is 4.39 Å². The predicted molar refractivity (Wildman–Crippen MR) is 146 cm³/mol. The number of carbonyl (C=O) groups excluding carboxylic acids is 1. The Bertz CT molecular complexity index is 1510. The smallest absolute Gasteiger partial charge is 0.267 e. The molecule has 0 spiro atoms. The van der Waals surface area contributed by atoms with Crippen molar-refractivity contribution in [1.29, 1.82) is 5.26 Å². The van der Waals surface area contributed by atoms with Crippen molar-refractivity contribution >= 4 is 40.0 Å². The first kappa shape index (κ1) is 27.3. The summed E-state index contributed by atoms with van der Waals surface area (Å²) in [5.74, 6) is -0.480. The normalized spacial score (nSPS) is 11.0. The first-order valence-electron chi connectivity index (χ1n) is 11.8. The van der Waals surface area contributed by atoms with Crippen molar-refractivity contribution in [3.63, 3.8) is 0 Å². The summed E-state index contributed by atoms with van der Waals surface area (Å²) >= 11 is 12.2. The molecule has 196 valence electrons. The van der Waals surface area contributed by atoms with Gasteiger partial charge in [0, 0.05) is 34.6 Å². The summed E-state index contributed by atoms with van der Waals surface area (Å²) < 4.78 is 26.7. The number of amides is 1. The predicted octanol–water partition coefficient (Wildman–Crippen LogP) is 6.54. The van der Waals surface area contributed by atoms with Gasteiger partial charge in [0.2, 0.25) is 0 Å². The fraction of sp³-hybridized carbons (Fsp3) is 0.214. The Morgan fingerprint density at radius 3 is 2.68 bits per heavy atom. The lowest BCUT2D eigenvalue weighted by Gasteiger charge is -2.13. The molecule has 0 aliphatic carbocycles. The highest BCUT2D eigenvalue weighted by atomic mass is 35.5. The van der Waals surface area contributed by atoms with E-state index in [0.717, 1.165) is 29.6 Å². The molecule has 0 saturated carbocycles. The van der Waals surface area contributed by atoms with Gasteiger partial charge in [-0.1, -0.05) is 29.3 Å². The average molecular weight is 555 g/mol. The molecule has 4 rings (SSSR count). The molecule has 1 heterocycles. The maximum Gasteiger partial charge on any atom is 0.267 e. The number of ether oxygens (including phenoxy) is 2. The topological polar surface area (TPSA) is 90.4 Å². The van der Waals surface area contributed by atoms with Crippen molar-refractivity contribution in [2.24, 2.45) is 0 Å². The Balaban J connectivity index is 1.43. The second-order valence-corrected chi connectivity index (χ2v) is 9.70. The Labute approximate surface area is 229 Å². The SMILES string of the molecule is CN(C)CCCOc1ccc2[nH]c(C(=O)NCc3ccc(Cl)c(Oc4cc(Cl)cc(C#N)c4)c3F)cc2c1. The van der Waals surface area contributed by atoms with Crippen LogP contribution in [0.2, 0.25) is 10.0 Å². The molecule has 0 fully saturated rings. The molecule has 0 bridgehead atoms. The summed E-state index contributed by atoms with van der Waals surface area (Å²) in [6, 6.07) is 16.5. The van der Waals surface area contributed by atoms with Gasteiger partial charge in [0.15, 0.2) is 11.6 Å². The van der Waals surface area contributed by atoms with Crippen molar-refractivity contribution in [3.8, 4) is 23.3 Å². The van der Waals surface area contributed by atoms with Crippen LogP contribution in [0.4, 0.5) is 4.39 Å².